The van der Waals surface area contributed by atoms with Gasteiger partial charge in [-0.2, -0.15) is 0 Å². The van der Waals surface area contributed by atoms with E-state index in [2.05, 4.69) is 5.32 Å². The van der Waals surface area contributed by atoms with Gasteiger partial charge in [-0.1, -0.05) is 41.4 Å². The minimum atomic E-state index is -1.19. The second-order valence-electron chi connectivity index (χ2n) is 5.96. The molecule has 3 amide bonds. The lowest BCUT2D eigenvalue weighted by Gasteiger charge is -2.20. The van der Waals surface area contributed by atoms with Crippen LogP contribution in [0.4, 0.5) is 5.69 Å². The van der Waals surface area contributed by atoms with E-state index < -0.39 is 36.3 Å². The fraction of sp³-hybridized carbons (Fsp3) is 0.158. The molecular weight excluding hydrogens is 407 g/mol. The van der Waals surface area contributed by atoms with E-state index in [0.717, 1.165) is 4.90 Å². The standard InChI is InChI=1S/C19H14Cl2N2O5/c1-10(23-17(25)11-5-2-3-6-12(11)18(23)26)19(27)28-9-15(24)22-14-8-4-7-13(20)16(14)21/h2-8,10H,9H2,1H3,(H,22,24)/t10-/m1/s1. The first-order chi connectivity index (χ1) is 13.3. The molecule has 0 saturated heterocycles. The highest BCUT2D eigenvalue weighted by Crippen LogP contribution is 2.29. The molecule has 0 fully saturated rings. The van der Waals surface area contributed by atoms with Crippen LogP contribution in [0.5, 0.6) is 0 Å². The summed E-state index contributed by atoms with van der Waals surface area (Å²) in [5.74, 6) is -2.70. The quantitative estimate of drug-likeness (QED) is 0.592. The summed E-state index contributed by atoms with van der Waals surface area (Å²) in [6, 6.07) is 9.78. The molecule has 0 saturated carbocycles. The number of anilines is 1. The molecule has 3 rings (SSSR count). The highest BCUT2D eigenvalue weighted by atomic mass is 35.5. The van der Waals surface area contributed by atoms with Gasteiger partial charge in [0.2, 0.25) is 0 Å². The summed E-state index contributed by atoms with van der Waals surface area (Å²) < 4.78 is 4.94. The van der Waals surface area contributed by atoms with Crippen molar-refractivity contribution in [1.82, 2.24) is 4.90 Å². The first-order valence-electron chi connectivity index (χ1n) is 8.18. The predicted molar refractivity (Wildman–Crippen MR) is 102 cm³/mol. The molecule has 0 unspecified atom stereocenters. The highest BCUT2D eigenvalue weighted by molar-refractivity contribution is 6.44. The van der Waals surface area contributed by atoms with Crippen molar-refractivity contribution < 1.29 is 23.9 Å². The Morgan fingerprint density at radius 3 is 2.25 bits per heavy atom. The van der Waals surface area contributed by atoms with Gasteiger partial charge in [-0.3, -0.25) is 19.3 Å². The molecule has 0 aromatic heterocycles. The molecule has 7 nitrogen and oxygen atoms in total. The molecule has 28 heavy (non-hydrogen) atoms. The second-order valence-corrected chi connectivity index (χ2v) is 6.74. The average molecular weight is 421 g/mol. The Balaban J connectivity index is 1.61. The van der Waals surface area contributed by atoms with Crippen LogP contribution in [-0.2, 0) is 14.3 Å². The monoisotopic (exact) mass is 420 g/mol. The number of carbonyl (C=O) groups excluding carboxylic acids is 4. The van der Waals surface area contributed by atoms with Crippen LogP contribution < -0.4 is 5.32 Å². The molecule has 1 aliphatic rings. The van der Waals surface area contributed by atoms with E-state index in [1.165, 1.54) is 25.1 Å². The van der Waals surface area contributed by atoms with Crippen LogP contribution in [0.15, 0.2) is 42.5 Å². The predicted octanol–water partition coefficient (Wildman–Crippen LogP) is 3.16. The molecule has 1 atom stereocenters. The Morgan fingerprint density at radius 2 is 1.64 bits per heavy atom. The van der Waals surface area contributed by atoms with Gasteiger partial charge in [-0.25, -0.2) is 4.79 Å². The van der Waals surface area contributed by atoms with Crippen LogP contribution in [0.3, 0.4) is 0 Å². The third kappa shape index (κ3) is 3.72. The molecule has 0 aliphatic carbocycles. The Hall–Kier alpha value is -2.90. The molecule has 144 valence electrons. The van der Waals surface area contributed by atoms with E-state index in [0.29, 0.717) is 0 Å². The maximum atomic E-state index is 12.4. The molecular formula is C19H14Cl2N2O5. The minimum absolute atomic E-state index is 0.156. The second kappa shape index (κ2) is 8.00. The number of hydrogen-bond acceptors (Lipinski definition) is 5. The van der Waals surface area contributed by atoms with Crippen LogP contribution >= 0.6 is 23.2 Å². The fourth-order valence-electron chi connectivity index (χ4n) is 2.71. The smallest absolute Gasteiger partial charge is 0.329 e. The highest BCUT2D eigenvalue weighted by Gasteiger charge is 2.41. The zero-order valence-corrected chi connectivity index (χ0v) is 16.1. The van der Waals surface area contributed by atoms with Crippen molar-refractivity contribution in [1.29, 1.82) is 0 Å². The SMILES string of the molecule is C[C@H](C(=O)OCC(=O)Nc1cccc(Cl)c1Cl)N1C(=O)c2ccccc2C1=O. The number of esters is 1. The van der Waals surface area contributed by atoms with Crippen LogP contribution in [0, 0.1) is 0 Å². The summed E-state index contributed by atoms with van der Waals surface area (Å²) in [4.78, 5) is 49.9. The Kier molecular flexibility index (Phi) is 5.67. The van der Waals surface area contributed by atoms with Gasteiger partial charge in [0.25, 0.3) is 17.7 Å². The van der Waals surface area contributed by atoms with E-state index in [-0.39, 0.29) is 26.9 Å². The van der Waals surface area contributed by atoms with Crippen molar-refractivity contribution in [2.24, 2.45) is 0 Å². The van der Waals surface area contributed by atoms with Gasteiger partial charge in [-0.05, 0) is 31.2 Å². The van der Waals surface area contributed by atoms with Crippen molar-refractivity contribution in [3.8, 4) is 0 Å². The van der Waals surface area contributed by atoms with Gasteiger partial charge >= 0.3 is 5.97 Å². The van der Waals surface area contributed by atoms with Gasteiger partial charge in [0.05, 0.1) is 26.9 Å². The number of nitrogens with zero attached hydrogens (tertiary/aromatic N) is 1. The number of halogens is 2. The molecule has 2 aromatic carbocycles. The normalized spacial score (nSPS) is 13.9. The van der Waals surface area contributed by atoms with Crippen molar-refractivity contribution in [3.05, 3.63) is 63.6 Å². The van der Waals surface area contributed by atoms with Crippen LogP contribution in [0.2, 0.25) is 10.0 Å². The van der Waals surface area contributed by atoms with Gasteiger partial charge in [0.1, 0.15) is 6.04 Å². The Morgan fingerprint density at radius 1 is 1.04 bits per heavy atom. The molecule has 9 heteroatoms. The van der Waals surface area contributed by atoms with E-state index in [4.69, 9.17) is 27.9 Å². The van der Waals surface area contributed by atoms with Crippen LogP contribution in [0.25, 0.3) is 0 Å². The van der Waals surface area contributed by atoms with Gasteiger partial charge in [0.15, 0.2) is 6.61 Å². The summed E-state index contributed by atoms with van der Waals surface area (Å²) in [5, 5.41) is 2.88. The van der Waals surface area contributed by atoms with Crippen LogP contribution in [-0.4, -0.2) is 41.2 Å². The summed E-state index contributed by atoms with van der Waals surface area (Å²) in [5.41, 5.74) is 0.713. The van der Waals surface area contributed by atoms with Gasteiger partial charge in [0, 0.05) is 0 Å². The first-order valence-corrected chi connectivity index (χ1v) is 8.94. The number of hydrogen-bond donors (Lipinski definition) is 1. The third-order valence-corrected chi connectivity index (χ3v) is 4.94. The van der Waals surface area contributed by atoms with E-state index in [1.807, 2.05) is 0 Å². The molecule has 2 aromatic rings. The number of ether oxygens (including phenoxy) is 1. The van der Waals surface area contributed by atoms with E-state index in [1.54, 1.807) is 24.3 Å². The molecule has 1 N–H and O–H groups in total. The number of fused-ring (bicyclic) bond motifs is 1. The van der Waals surface area contributed by atoms with Crippen molar-refractivity contribution in [2.75, 3.05) is 11.9 Å². The maximum absolute atomic E-state index is 12.4. The van der Waals surface area contributed by atoms with Crippen LogP contribution in [0.1, 0.15) is 27.6 Å². The number of imide groups is 1. The molecule has 1 aliphatic heterocycles. The zero-order chi connectivity index (χ0) is 20.4. The van der Waals surface area contributed by atoms with Gasteiger partial charge < -0.3 is 10.1 Å². The van der Waals surface area contributed by atoms with E-state index in [9.17, 15) is 19.2 Å². The lowest BCUT2D eigenvalue weighted by Crippen LogP contribution is -2.44. The van der Waals surface area contributed by atoms with Crippen molar-refractivity contribution >= 4 is 52.6 Å². The molecule has 0 spiro atoms. The van der Waals surface area contributed by atoms with Crippen molar-refractivity contribution in [3.63, 3.8) is 0 Å². The largest absolute Gasteiger partial charge is 0.454 e. The topological polar surface area (TPSA) is 92.8 Å². The summed E-state index contributed by atoms with van der Waals surface area (Å²) in [6.07, 6.45) is 0. The fourth-order valence-corrected chi connectivity index (χ4v) is 3.06. The minimum Gasteiger partial charge on any atom is -0.454 e. The number of carbonyl (C=O) groups is 4. The lowest BCUT2D eigenvalue weighted by atomic mass is 10.1. The van der Waals surface area contributed by atoms with Gasteiger partial charge in [-0.15, -0.1) is 0 Å². The summed E-state index contributed by atoms with van der Waals surface area (Å²) in [7, 11) is 0. The third-order valence-electron chi connectivity index (χ3n) is 4.13. The van der Waals surface area contributed by atoms with Crippen molar-refractivity contribution in [2.45, 2.75) is 13.0 Å². The summed E-state index contributed by atoms with van der Waals surface area (Å²) in [6.45, 7) is 0.741. The lowest BCUT2D eigenvalue weighted by molar-refractivity contribution is -0.150. The average Bonchev–Trinajstić information content (AvgIpc) is 2.94. The molecule has 0 bridgehead atoms. The Labute approximate surface area is 170 Å². The molecule has 1 heterocycles. The number of benzene rings is 2. The number of amides is 3. The molecule has 0 radical (unpaired) electrons. The maximum Gasteiger partial charge on any atom is 0.329 e. The zero-order valence-electron chi connectivity index (χ0n) is 14.6. The van der Waals surface area contributed by atoms with E-state index >= 15 is 0 Å². The summed E-state index contributed by atoms with van der Waals surface area (Å²) >= 11 is 11.8. The first kappa shape index (κ1) is 19.9. The number of nitrogens with one attached hydrogen (secondary N) is 1. The number of rotatable bonds is 5. The Bertz CT molecular complexity index is 957.